The molecule has 6 nitrogen and oxygen atoms in total. The first-order valence-electron chi connectivity index (χ1n) is 8.96. The zero-order valence-corrected chi connectivity index (χ0v) is 17.1. The van der Waals surface area contributed by atoms with Crippen molar-refractivity contribution >= 4 is 29.2 Å². The van der Waals surface area contributed by atoms with Crippen LogP contribution < -0.4 is 14.8 Å². The largest absolute Gasteiger partial charge is 0.495 e. The summed E-state index contributed by atoms with van der Waals surface area (Å²) in [5, 5.41) is 3.17. The van der Waals surface area contributed by atoms with E-state index in [9.17, 15) is 9.59 Å². The Morgan fingerprint density at radius 1 is 1.11 bits per heavy atom. The van der Waals surface area contributed by atoms with E-state index in [1.54, 1.807) is 49.4 Å². The van der Waals surface area contributed by atoms with Crippen LogP contribution in [-0.2, 0) is 9.53 Å². The van der Waals surface area contributed by atoms with E-state index in [4.69, 9.17) is 25.8 Å². The molecule has 28 heavy (non-hydrogen) atoms. The predicted molar refractivity (Wildman–Crippen MR) is 108 cm³/mol. The van der Waals surface area contributed by atoms with Crippen LogP contribution in [0.1, 0.15) is 37.6 Å². The number of methoxy groups -OCH3 is 1. The lowest BCUT2D eigenvalue weighted by Crippen LogP contribution is -2.29. The molecule has 7 heteroatoms. The van der Waals surface area contributed by atoms with Crippen LogP contribution in [-0.4, -0.2) is 31.2 Å². The summed E-state index contributed by atoms with van der Waals surface area (Å²) in [6.45, 7) is 5.39. The van der Waals surface area contributed by atoms with E-state index >= 15 is 0 Å². The van der Waals surface area contributed by atoms with E-state index in [2.05, 4.69) is 5.32 Å². The molecule has 0 heterocycles. The van der Waals surface area contributed by atoms with Gasteiger partial charge in [-0.15, -0.1) is 0 Å². The summed E-state index contributed by atoms with van der Waals surface area (Å²) in [6, 6.07) is 11.5. The fourth-order valence-electron chi connectivity index (χ4n) is 2.26. The number of carbonyl (C=O) groups is 2. The third-order valence-corrected chi connectivity index (χ3v) is 4.36. The first-order valence-corrected chi connectivity index (χ1v) is 9.34. The van der Waals surface area contributed by atoms with Gasteiger partial charge in [-0.3, -0.25) is 4.79 Å². The molecule has 0 aliphatic carbocycles. The van der Waals surface area contributed by atoms with Crippen LogP contribution in [0.5, 0.6) is 11.5 Å². The zero-order valence-electron chi connectivity index (χ0n) is 16.3. The topological polar surface area (TPSA) is 73.9 Å². The number of carbonyl (C=O) groups excluding carboxylic acids is 2. The van der Waals surface area contributed by atoms with Gasteiger partial charge in [0.05, 0.1) is 18.2 Å². The predicted octanol–water partition coefficient (Wildman–Crippen LogP) is 4.71. The van der Waals surface area contributed by atoms with Crippen LogP contribution in [0.2, 0.25) is 5.02 Å². The van der Waals surface area contributed by atoms with E-state index in [1.807, 2.05) is 13.8 Å². The maximum absolute atomic E-state index is 12.4. The highest BCUT2D eigenvalue weighted by molar-refractivity contribution is 6.32. The average molecular weight is 406 g/mol. The number of nitrogens with one attached hydrogen (secondary N) is 1. The number of benzene rings is 2. The first-order chi connectivity index (χ1) is 13.3. The Hall–Kier alpha value is -2.73. The highest BCUT2D eigenvalue weighted by atomic mass is 35.5. The molecule has 2 aromatic carbocycles. The van der Waals surface area contributed by atoms with E-state index in [0.717, 1.165) is 6.42 Å². The van der Waals surface area contributed by atoms with Crippen LogP contribution in [0.4, 0.5) is 5.69 Å². The number of amides is 1. The molecule has 0 fully saturated rings. The lowest BCUT2D eigenvalue weighted by Gasteiger charge is -2.17. The Morgan fingerprint density at radius 2 is 1.79 bits per heavy atom. The lowest BCUT2D eigenvalue weighted by molar-refractivity contribution is -0.155. The number of hydrogen-bond donors (Lipinski definition) is 1. The fraction of sp³-hybridized carbons (Fsp3) is 0.333. The van der Waals surface area contributed by atoms with Crippen molar-refractivity contribution in [2.24, 2.45) is 0 Å². The van der Waals surface area contributed by atoms with Crippen LogP contribution in [0.25, 0.3) is 0 Å². The Morgan fingerprint density at radius 3 is 2.36 bits per heavy atom. The smallest absolute Gasteiger partial charge is 0.347 e. The first kappa shape index (κ1) is 21.6. The molecule has 0 saturated heterocycles. The van der Waals surface area contributed by atoms with Crippen molar-refractivity contribution in [2.45, 2.75) is 39.4 Å². The van der Waals surface area contributed by atoms with Crippen molar-refractivity contribution in [3.8, 4) is 11.5 Å². The molecule has 0 radical (unpaired) electrons. The maximum Gasteiger partial charge on any atom is 0.347 e. The van der Waals surface area contributed by atoms with Gasteiger partial charge in [0.15, 0.2) is 6.10 Å². The van der Waals surface area contributed by atoms with E-state index < -0.39 is 12.1 Å². The highest BCUT2D eigenvalue weighted by Crippen LogP contribution is 2.27. The van der Waals surface area contributed by atoms with Gasteiger partial charge in [-0.05, 0) is 62.7 Å². The Labute approximate surface area is 169 Å². The molecule has 150 valence electrons. The molecule has 2 rings (SSSR count). The third kappa shape index (κ3) is 5.89. The van der Waals surface area contributed by atoms with Crippen LogP contribution in [0, 0.1) is 0 Å². The van der Waals surface area contributed by atoms with Gasteiger partial charge in [-0.1, -0.05) is 18.5 Å². The molecule has 0 unspecified atom stereocenters. The van der Waals surface area contributed by atoms with Gasteiger partial charge >= 0.3 is 5.97 Å². The molecular formula is C21H24ClNO5. The number of rotatable bonds is 8. The highest BCUT2D eigenvalue weighted by Gasteiger charge is 2.18. The third-order valence-electron chi connectivity index (χ3n) is 4.06. The van der Waals surface area contributed by atoms with Gasteiger partial charge in [0.2, 0.25) is 0 Å². The standard InChI is InChI=1S/C21H24ClNO5/c1-5-13(2)27-21(25)14(3)28-17-9-6-15(7-10-17)20(24)23-16-8-11-19(26-4)18(22)12-16/h6-14H,5H2,1-4H3,(H,23,24)/t13-,14+/m1/s1. The quantitative estimate of drug-likeness (QED) is 0.644. The summed E-state index contributed by atoms with van der Waals surface area (Å²) < 4.78 is 15.9. The van der Waals surface area contributed by atoms with Crippen molar-refractivity contribution in [2.75, 3.05) is 12.4 Å². The second kappa shape index (κ2) is 9.99. The fourth-order valence-corrected chi connectivity index (χ4v) is 2.52. The van der Waals surface area contributed by atoms with Crippen molar-refractivity contribution in [1.29, 1.82) is 0 Å². The second-order valence-electron chi connectivity index (χ2n) is 6.24. The van der Waals surface area contributed by atoms with Crippen LogP contribution >= 0.6 is 11.6 Å². The number of ether oxygens (including phenoxy) is 3. The van der Waals surface area contributed by atoms with Gasteiger partial charge in [-0.2, -0.15) is 0 Å². The molecule has 0 bridgehead atoms. The van der Waals surface area contributed by atoms with Gasteiger partial charge in [0.1, 0.15) is 11.5 Å². The minimum absolute atomic E-state index is 0.156. The van der Waals surface area contributed by atoms with Crippen molar-refractivity contribution in [3.63, 3.8) is 0 Å². The zero-order chi connectivity index (χ0) is 20.7. The minimum atomic E-state index is -0.741. The minimum Gasteiger partial charge on any atom is -0.495 e. The maximum atomic E-state index is 12.4. The molecule has 0 aromatic heterocycles. The summed E-state index contributed by atoms with van der Waals surface area (Å²) in [5.74, 6) is 0.282. The monoisotopic (exact) mass is 405 g/mol. The van der Waals surface area contributed by atoms with Crippen molar-refractivity contribution in [3.05, 3.63) is 53.1 Å². The summed E-state index contributed by atoms with van der Waals surface area (Å²) in [6.07, 6.45) is -0.159. The molecule has 0 aliphatic heterocycles. The van der Waals surface area contributed by atoms with E-state index in [0.29, 0.717) is 27.8 Å². The van der Waals surface area contributed by atoms with E-state index in [1.165, 1.54) is 7.11 Å². The second-order valence-corrected chi connectivity index (χ2v) is 6.65. The van der Waals surface area contributed by atoms with Crippen molar-refractivity contribution in [1.82, 2.24) is 0 Å². The molecule has 1 N–H and O–H groups in total. The normalized spacial score (nSPS) is 12.6. The molecule has 0 aliphatic rings. The SMILES string of the molecule is CC[C@@H](C)OC(=O)[C@H](C)Oc1ccc(C(=O)Nc2ccc(OC)c(Cl)c2)cc1. The van der Waals surface area contributed by atoms with Gasteiger partial charge in [-0.25, -0.2) is 4.79 Å². The van der Waals surface area contributed by atoms with Crippen molar-refractivity contribution < 1.29 is 23.8 Å². The number of hydrogen-bond acceptors (Lipinski definition) is 5. The Balaban J connectivity index is 1.97. The van der Waals surface area contributed by atoms with Crippen LogP contribution in [0.3, 0.4) is 0 Å². The van der Waals surface area contributed by atoms with Gasteiger partial charge < -0.3 is 19.5 Å². The van der Waals surface area contributed by atoms with Gasteiger partial charge in [0, 0.05) is 11.3 Å². The number of anilines is 1. The molecule has 0 saturated carbocycles. The van der Waals surface area contributed by atoms with Gasteiger partial charge in [0.25, 0.3) is 5.91 Å². The lowest BCUT2D eigenvalue weighted by atomic mass is 10.2. The van der Waals surface area contributed by atoms with E-state index in [-0.39, 0.29) is 12.0 Å². The number of esters is 1. The molecule has 2 aromatic rings. The molecule has 2 atom stereocenters. The Kier molecular flexibility index (Phi) is 7.70. The summed E-state index contributed by atoms with van der Waals surface area (Å²) in [5.41, 5.74) is 0.992. The molecular weight excluding hydrogens is 382 g/mol. The summed E-state index contributed by atoms with van der Waals surface area (Å²) >= 11 is 6.06. The average Bonchev–Trinajstić information content (AvgIpc) is 2.68. The summed E-state index contributed by atoms with van der Waals surface area (Å²) in [4.78, 5) is 24.3. The van der Waals surface area contributed by atoms with Crippen LogP contribution in [0.15, 0.2) is 42.5 Å². The summed E-state index contributed by atoms with van der Waals surface area (Å²) in [7, 11) is 1.52. The Bertz CT molecular complexity index is 822. The number of halogens is 1. The molecule has 0 spiro atoms. The molecule has 1 amide bonds.